The maximum absolute atomic E-state index is 3.11. The molecule has 0 aromatic heterocycles. The average molecular weight is 179 g/mol. The summed E-state index contributed by atoms with van der Waals surface area (Å²) in [6.07, 6.45) is 1.22. The Kier molecular flexibility index (Phi) is 7.32. The normalized spacial score (nSPS) is 11.4. The van der Waals surface area contributed by atoms with Gasteiger partial charge in [-0.15, -0.1) is 0 Å². The van der Waals surface area contributed by atoms with Crippen LogP contribution in [0.15, 0.2) is 30.3 Å². The van der Waals surface area contributed by atoms with Crippen molar-refractivity contribution in [2.75, 3.05) is 7.05 Å². The van der Waals surface area contributed by atoms with Crippen molar-refractivity contribution >= 4 is 0 Å². The molecule has 1 unspecified atom stereocenters. The van der Waals surface area contributed by atoms with Crippen LogP contribution in [0.4, 0.5) is 0 Å². The van der Waals surface area contributed by atoms with Crippen LogP contribution in [0.2, 0.25) is 0 Å². The molecule has 0 radical (unpaired) electrons. The van der Waals surface area contributed by atoms with E-state index in [1.54, 1.807) is 0 Å². The predicted molar refractivity (Wildman–Crippen MR) is 60.0 cm³/mol. The third kappa shape index (κ3) is 7.54. The van der Waals surface area contributed by atoms with Crippen molar-refractivity contribution in [2.45, 2.75) is 33.2 Å². The summed E-state index contributed by atoms with van der Waals surface area (Å²) in [6.45, 7) is 6.42. The molecule has 0 fully saturated rings. The molecule has 0 spiro atoms. The van der Waals surface area contributed by atoms with E-state index in [2.05, 4.69) is 38.2 Å². The molecule has 0 aliphatic heterocycles. The Morgan fingerprint density at radius 3 is 1.92 bits per heavy atom. The minimum absolute atomic E-state index is 0.685. The van der Waals surface area contributed by atoms with Gasteiger partial charge in [0.2, 0.25) is 0 Å². The minimum atomic E-state index is 0.685. The Bertz CT molecular complexity index is 190. The summed E-state index contributed by atoms with van der Waals surface area (Å²) < 4.78 is 0. The number of nitrogens with one attached hydrogen (secondary N) is 1. The minimum Gasteiger partial charge on any atom is -0.317 e. The van der Waals surface area contributed by atoms with Crippen molar-refractivity contribution in [1.82, 2.24) is 5.32 Å². The first-order valence-electron chi connectivity index (χ1n) is 4.89. The molecule has 1 aromatic rings. The molecule has 1 aromatic carbocycles. The zero-order valence-corrected chi connectivity index (χ0v) is 9.17. The van der Waals surface area contributed by atoms with Gasteiger partial charge in [-0.05, 0) is 27.3 Å². The third-order valence-electron chi connectivity index (χ3n) is 2.05. The standard InChI is InChI=1S/C7H8.C5H13N/c1-7-5-3-2-4-6-7;1-4-5(2)6-3/h2-6H,1H3;5-6H,4H2,1-3H3. The van der Waals surface area contributed by atoms with E-state index in [-0.39, 0.29) is 0 Å². The second-order valence-corrected chi connectivity index (χ2v) is 3.25. The first-order chi connectivity index (χ1) is 6.20. The van der Waals surface area contributed by atoms with Crippen LogP contribution in [0.25, 0.3) is 0 Å². The van der Waals surface area contributed by atoms with E-state index in [1.165, 1.54) is 12.0 Å². The van der Waals surface area contributed by atoms with E-state index < -0.39 is 0 Å². The second kappa shape index (κ2) is 7.81. The first kappa shape index (κ1) is 12.2. The smallest absolute Gasteiger partial charge is 0.00331 e. The molecule has 1 N–H and O–H groups in total. The van der Waals surface area contributed by atoms with Gasteiger partial charge in [-0.1, -0.05) is 42.8 Å². The van der Waals surface area contributed by atoms with Crippen LogP contribution in [0.5, 0.6) is 0 Å². The summed E-state index contributed by atoms with van der Waals surface area (Å²) in [7, 11) is 1.98. The molecular formula is C12H21N. The summed E-state index contributed by atoms with van der Waals surface area (Å²) in [4.78, 5) is 0. The maximum atomic E-state index is 3.11. The van der Waals surface area contributed by atoms with Gasteiger partial charge < -0.3 is 5.32 Å². The quantitative estimate of drug-likeness (QED) is 0.736. The van der Waals surface area contributed by atoms with Crippen LogP contribution in [0, 0.1) is 6.92 Å². The topological polar surface area (TPSA) is 12.0 Å². The molecule has 1 heteroatoms. The van der Waals surface area contributed by atoms with Crippen molar-refractivity contribution in [3.8, 4) is 0 Å². The van der Waals surface area contributed by atoms with E-state index >= 15 is 0 Å². The van der Waals surface area contributed by atoms with E-state index in [1.807, 2.05) is 25.2 Å². The van der Waals surface area contributed by atoms with Crippen molar-refractivity contribution in [3.05, 3.63) is 35.9 Å². The van der Waals surface area contributed by atoms with Gasteiger partial charge in [-0.2, -0.15) is 0 Å². The number of rotatable bonds is 2. The van der Waals surface area contributed by atoms with Crippen LogP contribution in [0.1, 0.15) is 25.8 Å². The Balaban J connectivity index is 0.000000226. The second-order valence-electron chi connectivity index (χ2n) is 3.25. The summed E-state index contributed by atoms with van der Waals surface area (Å²) in [5.74, 6) is 0. The number of benzene rings is 1. The molecule has 1 rings (SSSR count). The van der Waals surface area contributed by atoms with Crippen LogP contribution < -0.4 is 5.32 Å². The van der Waals surface area contributed by atoms with E-state index in [4.69, 9.17) is 0 Å². The molecule has 0 aliphatic carbocycles. The fraction of sp³-hybridized carbons (Fsp3) is 0.500. The molecule has 1 nitrogen and oxygen atoms in total. The van der Waals surface area contributed by atoms with Gasteiger partial charge in [0.05, 0.1) is 0 Å². The van der Waals surface area contributed by atoms with Gasteiger partial charge in [0.15, 0.2) is 0 Å². The molecule has 0 saturated heterocycles. The highest BCUT2D eigenvalue weighted by Gasteiger charge is 1.86. The highest BCUT2D eigenvalue weighted by atomic mass is 14.8. The fourth-order valence-electron chi connectivity index (χ4n) is 0.739. The molecule has 13 heavy (non-hydrogen) atoms. The van der Waals surface area contributed by atoms with Crippen LogP contribution in [-0.4, -0.2) is 13.1 Å². The summed E-state index contributed by atoms with van der Waals surface area (Å²) >= 11 is 0. The average Bonchev–Trinajstić information content (AvgIpc) is 2.19. The molecular weight excluding hydrogens is 158 g/mol. The summed E-state index contributed by atoms with van der Waals surface area (Å²) in [6, 6.07) is 10.9. The lowest BCUT2D eigenvalue weighted by Gasteiger charge is -2.02. The van der Waals surface area contributed by atoms with Gasteiger partial charge in [-0.25, -0.2) is 0 Å². The zero-order valence-electron chi connectivity index (χ0n) is 9.17. The van der Waals surface area contributed by atoms with Crippen molar-refractivity contribution in [3.63, 3.8) is 0 Å². The number of hydrogen-bond acceptors (Lipinski definition) is 1. The molecule has 1 atom stereocenters. The van der Waals surface area contributed by atoms with Crippen molar-refractivity contribution in [1.29, 1.82) is 0 Å². The highest BCUT2D eigenvalue weighted by molar-refractivity contribution is 5.11. The molecule has 0 aliphatic rings. The fourth-order valence-corrected chi connectivity index (χ4v) is 0.739. The van der Waals surface area contributed by atoms with E-state index in [0.29, 0.717) is 6.04 Å². The SMILES string of the molecule is CCC(C)NC.Cc1ccccc1. The van der Waals surface area contributed by atoms with E-state index in [9.17, 15) is 0 Å². The van der Waals surface area contributed by atoms with Gasteiger partial charge in [-0.3, -0.25) is 0 Å². The lowest BCUT2D eigenvalue weighted by atomic mass is 10.2. The molecule has 0 heterocycles. The van der Waals surface area contributed by atoms with Crippen LogP contribution >= 0.6 is 0 Å². The van der Waals surface area contributed by atoms with Gasteiger partial charge >= 0.3 is 0 Å². The van der Waals surface area contributed by atoms with Gasteiger partial charge in [0, 0.05) is 6.04 Å². The van der Waals surface area contributed by atoms with Gasteiger partial charge in [0.1, 0.15) is 0 Å². The Hall–Kier alpha value is -0.820. The Labute approximate surface area is 82.2 Å². The Morgan fingerprint density at radius 2 is 1.77 bits per heavy atom. The summed E-state index contributed by atoms with van der Waals surface area (Å²) in [5.41, 5.74) is 1.32. The number of hydrogen-bond donors (Lipinski definition) is 1. The lowest BCUT2D eigenvalue weighted by Crippen LogP contribution is -2.19. The molecule has 0 bridgehead atoms. The summed E-state index contributed by atoms with van der Waals surface area (Å²) in [5, 5.41) is 3.11. The maximum Gasteiger partial charge on any atom is 0.00331 e. The Morgan fingerprint density at radius 1 is 1.23 bits per heavy atom. The largest absolute Gasteiger partial charge is 0.317 e. The van der Waals surface area contributed by atoms with E-state index in [0.717, 1.165) is 0 Å². The van der Waals surface area contributed by atoms with Crippen molar-refractivity contribution < 1.29 is 0 Å². The predicted octanol–water partition coefficient (Wildman–Crippen LogP) is 3.00. The molecule has 0 saturated carbocycles. The van der Waals surface area contributed by atoms with Crippen LogP contribution in [-0.2, 0) is 0 Å². The van der Waals surface area contributed by atoms with Crippen molar-refractivity contribution in [2.24, 2.45) is 0 Å². The zero-order chi connectivity index (χ0) is 10.1. The highest BCUT2D eigenvalue weighted by Crippen LogP contribution is 1.92. The molecule has 74 valence electrons. The lowest BCUT2D eigenvalue weighted by molar-refractivity contribution is 0.593. The van der Waals surface area contributed by atoms with Gasteiger partial charge in [0.25, 0.3) is 0 Å². The monoisotopic (exact) mass is 179 g/mol. The first-order valence-corrected chi connectivity index (χ1v) is 4.89. The van der Waals surface area contributed by atoms with Crippen LogP contribution in [0.3, 0.4) is 0 Å². The molecule has 0 amide bonds. The number of aryl methyl sites for hydroxylation is 1. The third-order valence-corrected chi connectivity index (χ3v) is 2.05.